The number of allylic oxidation sites excluding steroid dienone is 1. The number of nitrogens with zero attached hydrogens (tertiary/aromatic N) is 1. The molecule has 0 saturated carbocycles. The van der Waals surface area contributed by atoms with Crippen LogP contribution in [0.3, 0.4) is 0 Å². The monoisotopic (exact) mass is 296 g/mol. The molecule has 1 amide bonds. The Labute approximate surface area is 126 Å². The van der Waals surface area contributed by atoms with Crippen molar-refractivity contribution < 1.29 is 9.08 Å². The van der Waals surface area contributed by atoms with Gasteiger partial charge in [0.25, 0.3) is 0 Å². The van der Waals surface area contributed by atoms with Crippen LogP contribution in [0.15, 0.2) is 76.8 Å². The number of carbonyl (C=O) groups is 1. The van der Waals surface area contributed by atoms with Crippen molar-refractivity contribution in [1.29, 1.82) is 0 Å². The number of benzene rings is 2. The molecule has 104 valence electrons. The topological polar surface area (TPSA) is 50.7 Å². The molecular weight excluding hydrogens is 284 g/mol. The molecule has 1 aliphatic rings. The summed E-state index contributed by atoms with van der Waals surface area (Å²) in [6, 6.07) is 18.9. The zero-order chi connectivity index (χ0) is 14.5. The zero-order valence-corrected chi connectivity index (χ0v) is 11.8. The Hall–Kier alpha value is -2.53. The lowest BCUT2D eigenvalue weighted by Crippen LogP contribution is -2.10. The summed E-state index contributed by atoms with van der Waals surface area (Å²) in [7, 11) is 0. The van der Waals surface area contributed by atoms with Gasteiger partial charge in [-0.3, -0.25) is 4.79 Å². The third kappa shape index (κ3) is 3.32. The van der Waals surface area contributed by atoms with Gasteiger partial charge in [0.15, 0.2) is 0 Å². The molecule has 0 radical (unpaired) electrons. The maximum atomic E-state index is 12.0. The third-order valence-corrected chi connectivity index (χ3v) is 3.48. The van der Waals surface area contributed by atoms with E-state index in [0.717, 1.165) is 23.3 Å². The highest BCUT2D eigenvalue weighted by molar-refractivity contribution is 8.00. The van der Waals surface area contributed by atoms with Gasteiger partial charge < -0.3 is 9.60 Å². The van der Waals surface area contributed by atoms with E-state index in [1.54, 1.807) is 0 Å². The first-order valence-electron chi connectivity index (χ1n) is 6.38. The fraction of sp³-hybridized carbons (Fsp3) is 0. The van der Waals surface area contributed by atoms with Crippen molar-refractivity contribution in [2.75, 3.05) is 5.32 Å². The van der Waals surface area contributed by atoms with E-state index in [2.05, 4.69) is 10.5 Å². The Bertz CT molecular complexity index is 697. The summed E-state index contributed by atoms with van der Waals surface area (Å²) in [6.45, 7) is 0. The molecule has 0 saturated heterocycles. The maximum absolute atomic E-state index is 12.0. The van der Waals surface area contributed by atoms with Crippen LogP contribution in [0.25, 0.3) is 0 Å². The Morgan fingerprint density at radius 1 is 1.05 bits per heavy atom. The van der Waals surface area contributed by atoms with E-state index in [4.69, 9.17) is 4.28 Å². The van der Waals surface area contributed by atoms with Crippen molar-refractivity contribution in [1.82, 2.24) is 0 Å². The molecule has 0 spiro atoms. The van der Waals surface area contributed by atoms with Crippen LogP contribution in [-0.4, -0.2) is 11.6 Å². The summed E-state index contributed by atoms with van der Waals surface area (Å²) >= 11 is 1.08. The molecule has 0 bridgehead atoms. The number of oxime groups is 1. The lowest BCUT2D eigenvalue weighted by atomic mass is 10.1. The Morgan fingerprint density at radius 3 is 2.43 bits per heavy atom. The average Bonchev–Trinajstić information content (AvgIpc) is 2.97. The van der Waals surface area contributed by atoms with Crippen molar-refractivity contribution in [2.45, 2.75) is 0 Å². The highest BCUT2D eigenvalue weighted by Crippen LogP contribution is 2.29. The second kappa shape index (κ2) is 6.28. The van der Waals surface area contributed by atoms with Crippen LogP contribution >= 0.6 is 12.0 Å². The lowest BCUT2D eigenvalue weighted by molar-refractivity contribution is -0.111. The number of rotatable bonds is 3. The highest BCUT2D eigenvalue weighted by Gasteiger charge is 2.20. The molecule has 3 rings (SSSR count). The Kier molecular flexibility index (Phi) is 4.02. The first-order valence-corrected chi connectivity index (χ1v) is 7.12. The molecule has 1 N–H and O–H groups in total. The largest absolute Gasteiger partial charge is 0.322 e. The molecule has 1 aliphatic heterocycles. The van der Waals surface area contributed by atoms with Gasteiger partial charge in [-0.15, -0.1) is 0 Å². The molecule has 4 nitrogen and oxygen atoms in total. The van der Waals surface area contributed by atoms with Gasteiger partial charge in [0.2, 0.25) is 5.91 Å². The van der Waals surface area contributed by atoms with Gasteiger partial charge in [-0.1, -0.05) is 53.7 Å². The van der Waals surface area contributed by atoms with Crippen molar-refractivity contribution in [3.05, 3.63) is 77.2 Å². The van der Waals surface area contributed by atoms with E-state index in [0.29, 0.717) is 10.6 Å². The van der Waals surface area contributed by atoms with E-state index < -0.39 is 0 Å². The molecule has 0 fully saturated rings. The van der Waals surface area contributed by atoms with Gasteiger partial charge >= 0.3 is 0 Å². The predicted octanol–water partition coefficient (Wildman–Crippen LogP) is 3.59. The standard InChI is InChI=1S/C16H12N2O2S/c19-15(17-13-9-5-2-6-10-13)11-14-16(18-20-21-14)12-7-3-1-4-8-12/h1-11H,(H,17,19)/b14-11-. The summed E-state index contributed by atoms with van der Waals surface area (Å²) in [5.74, 6) is -0.210. The molecule has 2 aromatic carbocycles. The van der Waals surface area contributed by atoms with Gasteiger partial charge in [-0.25, -0.2) is 0 Å². The van der Waals surface area contributed by atoms with E-state index in [-0.39, 0.29) is 5.91 Å². The Morgan fingerprint density at radius 2 is 1.71 bits per heavy atom. The quantitative estimate of drug-likeness (QED) is 0.695. The number of hydrogen-bond donors (Lipinski definition) is 1. The summed E-state index contributed by atoms with van der Waals surface area (Å²) < 4.78 is 5.03. The van der Waals surface area contributed by atoms with Crippen LogP contribution in [-0.2, 0) is 9.08 Å². The second-order valence-corrected chi connectivity index (χ2v) is 5.08. The smallest absolute Gasteiger partial charge is 0.249 e. The predicted molar refractivity (Wildman–Crippen MR) is 84.8 cm³/mol. The minimum atomic E-state index is -0.210. The SMILES string of the molecule is O=C(/C=C1\SON=C1c1ccccc1)Nc1ccccc1. The molecule has 21 heavy (non-hydrogen) atoms. The molecule has 5 heteroatoms. The normalized spacial score (nSPS) is 15.4. The van der Waals surface area contributed by atoms with E-state index in [1.807, 2.05) is 60.7 Å². The molecular formula is C16H12N2O2S. The molecule has 2 aromatic rings. The fourth-order valence-corrected chi connectivity index (χ4v) is 2.46. The number of amides is 1. The lowest BCUT2D eigenvalue weighted by Gasteiger charge is -2.02. The first kappa shape index (κ1) is 13.5. The van der Waals surface area contributed by atoms with Crippen LogP contribution in [0.2, 0.25) is 0 Å². The van der Waals surface area contributed by atoms with Crippen molar-refractivity contribution >= 4 is 29.3 Å². The van der Waals surface area contributed by atoms with Gasteiger partial charge in [0.1, 0.15) is 17.8 Å². The first-order chi connectivity index (χ1) is 10.3. The molecule has 1 heterocycles. The van der Waals surface area contributed by atoms with Gasteiger partial charge in [0.05, 0.1) is 4.91 Å². The minimum absolute atomic E-state index is 0.210. The van der Waals surface area contributed by atoms with E-state index in [9.17, 15) is 4.79 Å². The van der Waals surface area contributed by atoms with Crippen LogP contribution in [0, 0.1) is 0 Å². The highest BCUT2D eigenvalue weighted by atomic mass is 32.2. The van der Waals surface area contributed by atoms with Gasteiger partial charge in [-0.05, 0) is 12.1 Å². The van der Waals surface area contributed by atoms with Crippen molar-refractivity contribution in [3.63, 3.8) is 0 Å². The van der Waals surface area contributed by atoms with Gasteiger partial charge in [-0.2, -0.15) is 0 Å². The molecule has 0 aromatic heterocycles. The number of hydrogen-bond acceptors (Lipinski definition) is 4. The summed E-state index contributed by atoms with van der Waals surface area (Å²) in [5.41, 5.74) is 2.34. The van der Waals surface area contributed by atoms with Crippen LogP contribution in [0.1, 0.15) is 5.56 Å². The Balaban J connectivity index is 1.77. The van der Waals surface area contributed by atoms with Crippen LogP contribution < -0.4 is 5.32 Å². The zero-order valence-electron chi connectivity index (χ0n) is 11.0. The van der Waals surface area contributed by atoms with Crippen molar-refractivity contribution in [3.8, 4) is 0 Å². The summed E-state index contributed by atoms with van der Waals surface area (Å²) in [6.07, 6.45) is 1.50. The average molecular weight is 296 g/mol. The molecule has 0 atom stereocenters. The molecule has 0 aliphatic carbocycles. The van der Waals surface area contributed by atoms with Crippen LogP contribution in [0.5, 0.6) is 0 Å². The van der Waals surface area contributed by atoms with E-state index >= 15 is 0 Å². The van der Waals surface area contributed by atoms with Crippen molar-refractivity contribution in [2.24, 2.45) is 5.16 Å². The maximum Gasteiger partial charge on any atom is 0.249 e. The van der Waals surface area contributed by atoms with Crippen LogP contribution in [0.4, 0.5) is 5.69 Å². The summed E-state index contributed by atoms with van der Waals surface area (Å²) in [5, 5.41) is 6.78. The number of carbonyl (C=O) groups excluding carboxylic acids is 1. The molecule has 0 unspecified atom stereocenters. The number of para-hydroxylation sites is 1. The summed E-state index contributed by atoms with van der Waals surface area (Å²) in [4.78, 5) is 12.7. The minimum Gasteiger partial charge on any atom is -0.322 e. The second-order valence-electron chi connectivity index (χ2n) is 4.33. The van der Waals surface area contributed by atoms with E-state index in [1.165, 1.54) is 6.08 Å². The number of anilines is 1. The fourth-order valence-electron chi connectivity index (χ4n) is 1.88. The van der Waals surface area contributed by atoms with Gasteiger partial charge in [0, 0.05) is 17.3 Å². The third-order valence-electron chi connectivity index (χ3n) is 2.84. The number of nitrogens with one attached hydrogen (secondary N) is 1.